The number of hydrogen-bond donors (Lipinski definition) is 0. The van der Waals surface area contributed by atoms with Gasteiger partial charge in [0.25, 0.3) is 0 Å². The zero-order chi connectivity index (χ0) is 17.2. The van der Waals surface area contributed by atoms with Crippen molar-refractivity contribution >= 4 is 34.0 Å². The molecule has 2 aromatic rings. The summed E-state index contributed by atoms with van der Waals surface area (Å²) in [6.07, 6.45) is 7.08. The summed E-state index contributed by atoms with van der Waals surface area (Å²) in [4.78, 5) is 0. The van der Waals surface area contributed by atoms with E-state index in [1.54, 1.807) is 0 Å². The predicted molar refractivity (Wildman–Crippen MR) is 104 cm³/mol. The maximum atomic E-state index is 6.49. The minimum atomic E-state index is 0.659. The van der Waals surface area contributed by atoms with E-state index in [1.807, 2.05) is 37.3 Å². The molecule has 0 radical (unpaired) electrons. The number of fused-ring (bicyclic) bond motifs is 1. The first kappa shape index (κ1) is 19.2. The van der Waals surface area contributed by atoms with Crippen LogP contribution in [-0.4, -0.2) is 19.1 Å². The van der Waals surface area contributed by atoms with Crippen molar-refractivity contribution in [2.75, 3.05) is 19.1 Å². The van der Waals surface area contributed by atoms with Crippen LogP contribution in [0.3, 0.4) is 0 Å². The number of hydrogen-bond acceptors (Lipinski definition) is 2. The molecule has 0 saturated heterocycles. The van der Waals surface area contributed by atoms with Crippen LogP contribution in [0.2, 0.25) is 5.02 Å². The third-order valence-electron chi connectivity index (χ3n) is 3.99. The first-order valence-corrected chi connectivity index (χ1v) is 9.71. The van der Waals surface area contributed by atoms with Crippen molar-refractivity contribution in [2.45, 2.75) is 45.4 Å². The van der Waals surface area contributed by atoms with Crippen molar-refractivity contribution in [1.82, 2.24) is 0 Å². The van der Waals surface area contributed by atoms with Crippen LogP contribution >= 0.6 is 23.2 Å². The zero-order valence-corrected chi connectivity index (χ0v) is 15.8. The molecule has 0 unspecified atom stereocenters. The highest BCUT2D eigenvalue weighted by Crippen LogP contribution is 2.34. The van der Waals surface area contributed by atoms with Gasteiger partial charge >= 0.3 is 0 Å². The summed E-state index contributed by atoms with van der Waals surface area (Å²) in [5, 5.41) is 2.74. The Kier molecular flexibility index (Phi) is 8.55. The second-order valence-corrected chi connectivity index (χ2v) is 6.61. The third kappa shape index (κ3) is 5.75. The lowest BCUT2D eigenvalue weighted by Crippen LogP contribution is -1.98. The molecule has 0 aliphatic rings. The van der Waals surface area contributed by atoms with Crippen molar-refractivity contribution < 1.29 is 9.47 Å². The summed E-state index contributed by atoms with van der Waals surface area (Å²) in [6, 6.07) is 9.93. The summed E-state index contributed by atoms with van der Waals surface area (Å²) >= 11 is 12.2. The Labute approximate surface area is 155 Å². The molecule has 0 aliphatic heterocycles. The SMILES string of the molecule is CCOc1ccc2c(Cl)c(OCCCCCCCCCl)ccc2c1. The van der Waals surface area contributed by atoms with E-state index in [-0.39, 0.29) is 0 Å². The van der Waals surface area contributed by atoms with Gasteiger partial charge in [0.2, 0.25) is 0 Å². The largest absolute Gasteiger partial charge is 0.494 e. The molecule has 0 heterocycles. The molecule has 0 saturated carbocycles. The van der Waals surface area contributed by atoms with Crippen LogP contribution in [0.15, 0.2) is 30.3 Å². The molecule has 2 aromatic carbocycles. The lowest BCUT2D eigenvalue weighted by molar-refractivity contribution is 0.305. The summed E-state index contributed by atoms with van der Waals surface area (Å²) in [7, 11) is 0. The van der Waals surface area contributed by atoms with Gasteiger partial charge in [0, 0.05) is 11.3 Å². The minimum absolute atomic E-state index is 0.659. The molecular formula is C20H26Cl2O2. The van der Waals surface area contributed by atoms with E-state index in [4.69, 9.17) is 32.7 Å². The maximum Gasteiger partial charge on any atom is 0.138 e. The average molecular weight is 369 g/mol. The van der Waals surface area contributed by atoms with Gasteiger partial charge in [0.1, 0.15) is 11.5 Å². The standard InChI is InChI=1S/C20H26Cl2O2/c1-2-23-17-10-11-18-16(15-17)9-12-19(20(18)22)24-14-8-6-4-3-5-7-13-21/h9-12,15H,2-8,13-14H2,1H3. The molecule has 132 valence electrons. The van der Waals surface area contributed by atoms with Crippen LogP contribution in [0.4, 0.5) is 0 Å². The molecule has 0 aliphatic carbocycles. The Bertz CT molecular complexity index is 628. The summed E-state index contributed by atoms with van der Waals surface area (Å²) < 4.78 is 11.4. The van der Waals surface area contributed by atoms with E-state index >= 15 is 0 Å². The van der Waals surface area contributed by atoms with Crippen LogP contribution in [-0.2, 0) is 0 Å². The Morgan fingerprint density at radius 3 is 2.38 bits per heavy atom. The van der Waals surface area contributed by atoms with Crippen molar-refractivity contribution in [3.63, 3.8) is 0 Å². The summed E-state index contributed by atoms with van der Waals surface area (Å²) in [5.41, 5.74) is 0. The monoisotopic (exact) mass is 368 g/mol. The van der Waals surface area contributed by atoms with Crippen molar-refractivity contribution in [3.8, 4) is 11.5 Å². The van der Waals surface area contributed by atoms with Crippen LogP contribution in [0.5, 0.6) is 11.5 Å². The number of ether oxygens (including phenoxy) is 2. The van der Waals surface area contributed by atoms with Crippen LogP contribution in [0.1, 0.15) is 45.4 Å². The quantitative estimate of drug-likeness (QED) is 0.318. The van der Waals surface area contributed by atoms with Gasteiger partial charge < -0.3 is 9.47 Å². The molecule has 0 fully saturated rings. The van der Waals surface area contributed by atoms with Gasteiger partial charge in [-0.05, 0) is 49.4 Å². The van der Waals surface area contributed by atoms with E-state index in [2.05, 4.69) is 0 Å². The lowest BCUT2D eigenvalue weighted by Gasteiger charge is -2.11. The highest BCUT2D eigenvalue weighted by molar-refractivity contribution is 6.37. The first-order chi connectivity index (χ1) is 11.8. The fourth-order valence-electron chi connectivity index (χ4n) is 2.70. The Morgan fingerprint density at radius 1 is 0.875 bits per heavy atom. The van der Waals surface area contributed by atoms with Crippen LogP contribution < -0.4 is 9.47 Å². The van der Waals surface area contributed by atoms with Gasteiger partial charge in [-0.3, -0.25) is 0 Å². The van der Waals surface area contributed by atoms with Gasteiger partial charge in [0.15, 0.2) is 0 Å². The summed E-state index contributed by atoms with van der Waals surface area (Å²) in [6.45, 7) is 3.34. The molecule has 4 heteroatoms. The normalized spacial score (nSPS) is 11.0. The molecule has 0 amide bonds. The van der Waals surface area contributed by atoms with Crippen molar-refractivity contribution in [3.05, 3.63) is 35.4 Å². The molecule has 2 nitrogen and oxygen atoms in total. The average Bonchev–Trinajstić information content (AvgIpc) is 2.59. The number of unbranched alkanes of at least 4 members (excludes halogenated alkanes) is 5. The van der Waals surface area contributed by atoms with E-state index < -0.39 is 0 Å². The molecule has 0 atom stereocenters. The fourth-order valence-corrected chi connectivity index (χ4v) is 3.18. The third-order valence-corrected chi connectivity index (χ3v) is 4.64. The van der Waals surface area contributed by atoms with Crippen molar-refractivity contribution in [1.29, 1.82) is 0 Å². The van der Waals surface area contributed by atoms with Gasteiger partial charge in [-0.1, -0.05) is 43.4 Å². The predicted octanol–water partition coefficient (Wildman–Crippen LogP) is 6.85. The fraction of sp³-hybridized carbons (Fsp3) is 0.500. The van der Waals surface area contributed by atoms with E-state index in [1.165, 1.54) is 25.7 Å². The molecular weight excluding hydrogens is 343 g/mol. The highest BCUT2D eigenvalue weighted by atomic mass is 35.5. The van der Waals surface area contributed by atoms with E-state index in [0.29, 0.717) is 18.2 Å². The molecule has 24 heavy (non-hydrogen) atoms. The molecule has 0 aromatic heterocycles. The van der Waals surface area contributed by atoms with Gasteiger partial charge in [-0.2, -0.15) is 0 Å². The second-order valence-electron chi connectivity index (χ2n) is 5.85. The Balaban J connectivity index is 1.84. The van der Waals surface area contributed by atoms with Gasteiger partial charge in [0.05, 0.1) is 18.2 Å². The zero-order valence-electron chi connectivity index (χ0n) is 14.3. The van der Waals surface area contributed by atoms with Crippen LogP contribution in [0.25, 0.3) is 10.8 Å². The van der Waals surface area contributed by atoms with Crippen molar-refractivity contribution in [2.24, 2.45) is 0 Å². The Hall–Kier alpha value is -1.12. The molecule has 0 N–H and O–H groups in total. The van der Waals surface area contributed by atoms with E-state index in [0.717, 1.165) is 41.0 Å². The second kappa shape index (κ2) is 10.7. The topological polar surface area (TPSA) is 18.5 Å². The van der Waals surface area contributed by atoms with Crippen LogP contribution in [0, 0.1) is 0 Å². The number of halogens is 2. The molecule has 0 spiro atoms. The minimum Gasteiger partial charge on any atom is -0.494 e. The smallest absolute Gasteiger partial charge is 0.138 e. The van der Waals surface area contributed by atoms with E-state index in [9.17, 15) is 0 Å². The summed E-state index contributed by atoms with van der Waals surface area (Å²) in [5.74, 6) is 2.40. The van der Waals surface area contributed by atoms with Gasteiger partial charge in [-0.15, -0.1) is 11.6 Å². The molecule has 2 rings (SSSR count). The number of benzene rings is 2. The first-order valence-electron chi connectivity index (χ1n) is 8.80. The van der Waals surface area contributed by atoms with Gasteiger partial charge in [-0.25, -0.2) is 0 Å². The molecule has 0 bridgehead atoms. The Morgan fingerprint density at radius 2 is 1.62 bits per heavy atom. The number of alkyl halides is 1. The maximum absolute atomic E-state index is 6.49. The lowest BCUT2D eigenvalue weighted by atomic mass is 10.1. The highest BCUT2D eigenvalue weighted by Gasteiger charge is 2.07. The number of rotatable bonds is 11.